The van der Waals surface area contributed by atoms with Crippen molar-refractivity contribution < 1.29 is 8.42 Å². The first-order chi connectivity index (χ1) is 8.82. The molecule has 1 aliphatic rings. The van der Waals surface area contributed by atoms with Gasteiger partial charge in [-0.15, -0.1) is 0 Å². The van der Waals surface area contributed by atoms with Gasteiger partial charge < -0.3 is 5.32 Å². The third kappa shape index (κ3) is 3.06. The van der Waals surface area contributed by atoms with E-state index in [1.165, 1.54) is 16.4 Å². The minimum atomic E-state index is -3.53. The maximum Gasteiger partial charge on any atom is 0.243 e. The van der Waals surface area contributed by atoms with Gasteiger partial charge in [-0.25, -0.2) is 8.42 Å². The number of nitrogens with zero attached hydrogens (tertiary/aromatic N) is 1. The molecule has 0 amide bonds. The Kier molecular flexibility index (Phi) is 4.42. The summed E-state index contributed by atoms with van der Waals surface area (Å²) in [6.45, 7) is 5.26. The van der Waals surface area contributed by atoms with Crippen molar-refractivity contribution in [1.29, 1.82) is 0 Å². The van der Waals surface area contributed by atoms with E-state index in [1.54, 1.807) is 6.92 Å². The third-order valence-electron chi connectivity index (χ3n) is 3.22. The van der Waals surface area contributed by atoms with Gasteiger partial charge in [-0.3, -0.25) is 0 Å². The van der Waals surface area contributed by atoms with Gasteiger partial charge in [0.15, 0.2) is 0 Å². The van der Waals surface area contributed by atoms with Gasteiger partial charge in [-0.2, -0.15) is 4.31 Å². The van der Waals surface area contributed by atoms with Crippen LogP contribution in [0, 0.1) is 6.92 Å². The summed E-state index contributed by atoms with van der Waals surface area (Å²) in [5.41, 5.74) is 0.691. The largest absolute Gasteiger partial charge is 0.312 e. The van der Waals surface area contributed by atoms with E-state index >= 15 is 0 Å². The summed E-state index contributed by atoms with van der Waals surface area (Å²) in [7, 11) is -3.53. The van der Waals surface area contributed by atoms with Gasteiger partial charge in [0.2, 0.25) is 10.0 Å². The van der Waals surface area contributed by atoms with E-state index in [4.69, 9.17) is 23.2 Å². The number of nitrogens with one attached hydrogen (secondary N) is 1. The zero-order valence-electron chi connectivity index (χ0n) is 10.8. The monoisotopic (exact) mass is 322 g/mol. The average molecular weight is 323 g/mol. The summed E-state index contributed by atoms with van der Waals surface area (Å²) in [4.78, 5) is 0.155. The Morgan fingerprint density at radius 3 is 2.42 bits per heavy atom. The molecule has 0 spiro atoms. The maximum absolute atomic E-state index is 12.5. The zero-order valence-corrected chi connectivity index (χ0v) is 13.1. The van der Waals surface area contributed by atoms with Crippen LogP contribution in [0.25, 0.3) is 0 Å². The van der Waals surface area contributed by atoms with Crippen LogP contribution in [0.5, 0.6) is 0 Å². The predicted molar refractivity (Wildman–Crippen MR) is 77.4 cm³/mol. The summed E-state index contributed by atoms with van der Waals surface area (Å²) in [6, 6.07) is 3.07. The molecular formula is C12H16Cl2N2O2S. The lowest BCUT2D eigenvalue weighted by atomic mass is 10.2. The van der Waals surface area contributed by atoms with Gasteiger partial charge in [0, 0.05) is 35.7 Å². The highest BCUT2D eigenvalue weighted by Crippen LogP contribution is 2.29. The lowest BCUT2D eigenvalue weighted by molar-refractivity contribution is 0.310. The van der Waals surface area contributed by atoms with E-state index in [2.05, 4.69) is 5.32 Å². The number of sulfonamides is 1. The van der Waals surface area contributed by atoms with Crippen molar-refractivity contribution in [1.82, 2.24) is 9.62 Å². The summed E-state index contributed by atoms with van der Waals surface area (Å²) >= 11 is 12.0. The molecule has 0 radical (unpaired) electrons. The molecule has 1 unspecified atom stereocenters. The van der Waals surface area contributed by atoms with Crippen molar-refractivity contribution in [2.24, 2.45) is 0 Å². The standard InChI is InChI=1S/C12H16Cl2N2O2S/c1-8-7-16(4-3-15-8)19(17,18)10-5-11(13)9(2)12(14)6-10/h5-6,8,15H,3-4,7H2,1-2H3. The molecule has 0 saturated carbocycles. The van der Waals surface area contributed by atoms with E-state index < -0.39 is 10.0 Å². The minimum Gasteiger partial charge on any atom is -0.312 e. The lowest BCUT2D eigenvalue weighted by Gasteiger charge is -2.31. The first-order valence-electron chi connectivity index (χ1n) is 6.01. The van der Waals surface area contributed by atoms with E-state index in [0.29, 0.717) is 35.2 Å². The molecule has 1 heterocycles. The van der Waals surface area contributed by atoms with E-state index in [-0.39, 0.29) is 10.9 Å². The fraction of sp³-hybridized carbons (Fsp3) is 0.500. The molecule has 1 saturated heterocycles. The molecule has 1 fully saturated rings. The predicted octanol–water partition coefficient (Wildman–Crippen LogP) is 2.28. The van der Waals surface area contributed by atoms with Gasteiger partial charge >= 0.3 is 0 Å². The first kappa shape index (κ1) is 15.1. The Morgan fingerprint density at radius 1 is 1.32 bits per heavy atom. The average Bonchev–Trinajstić information content (AvgIpc) is 2.35. The molecule has 7 heteroatoms. The number of benzene rings is 1. The van der Waals surface area contributed by atoms with E-state index in [1.807, 2.05) is 6.92 Å². The Balaban J connectivity index is 2.39. The molecule has 0 aliphatic carbocycles. The molecule has 2 rings (SSSR count). The Bertz CT molecular complexity index is 566. The van der Waals surface area contributed by atoms with Crippen LogP contribution < -0.4 is 5.32 Å². The smallest absolute Gasteiger partial charge is 0.243 e. The van der Waals surface area contributed by atoms with Crippen LogP contribution in [0.3, 0.4) is 0 Å². The topological polar surface area (TPSA) is 49.4 Å². The summed E-state index contributed by atoms with van der Waals surface area (Å²) < 4.78 is 26.5. The summed E-state index contributed by atoms with van der Waals surface area (Å²) in [5.74, 6) is 0. The van der Waals surface area contributed by atoms with Crippen LogP contribution in [0.15, 0.2) is 17.0 Å². The number of hydrogen-bond donors (Lipinski definition) is 1. The van der Waals surface area contributed by atoms with Crippen molar-refractivity contribution in [3.8, 4) is 0 Å². The highest BCUT2D eigenvalue weighted by molar-refractivity contribution is 7.89. The molecule has 1 N–H and O–H groups in total. The Hall–Kier alpha value is -0.330. The normalized spacial score (nSPS) is 21.6. The highest BCUT2D eigenvalue weighted by Gasteiger charge is 2.29. The van der Waals surface area contributed by atoms with Crippen LogP contribution in [-0.4, -0.2) is 38.4 Å². The highest BCUT2D eigenvalue weighted by atomic mass is 35.5. The summed E-state index contributed by atoms with van der Waals surface area (Å²) in [5, 5.41) is 3.95. The molecule has 1 aromatic rings. The second-order valence-electron chi connectivity index (χ2n) is 4.73. The van der Waals surface area contributed by atoms with Gasteiger partial charge in [0.25, 0.3) is 0 Å². The maximum atomic E-state index is 12.5. The van der Waals surface area contributed by atoms with Crippen molar-refractivity contribution in [3.63, 3.8) is 0 Å². The van der Waals surface area contributed by atoms with Crippen LogP contribution in [0.1, 0.15) is 12.5 Å². The Labute approximate surface area is 123 Å². The molecule has 0 aromatic heterocycles. The third-order valence-corrected chi connectivity index (χ3v) is 5.85. The molecule has 1 atom stereocenters. The molecule has 1 aliphatic heterocycles. The molecule has 106 valence electrons. The number of piperazine rings is 1. The quantitative estimate of drug-likeness (QED) is 0.908. The van der Waals surface area contributed by atoms with E-state index in [9.17, 15) is 8.42 Å². The number of rotatable bonds is 2. The fourth-order valence-electron chi connectivity index (χ4n) is 2.04. The van der Waals surface area contributed by atoms with Gasteiger partial charge in [0.1, 0.15) is 0 Å². The SMILES string of the molecule is Cc1c(Cl)cc(S(=O)(=O)N2CCNC(C)C2)cc1Cl. The van der Waals surface area contributed by atoms with Crippen molar-refractivity contribution in [3.05, 3.63) is 27.7 Å². The second kappa shape index (κ2) is 5.58. The van der Waals surface area contributed by atoms with Crippen LogP contribution in [-0.2, 0) is 10.0 Å². The number of hydrogen-bond acceptors (Lipinski definition) is 3. The van der Waals surface area contributed by atoms with Gasteiger partial charge in [0.05, 0.1) is 4.90 Å². The Morgan fingerprint density at radius 2 is 1.89 bits per heavy atom. The van der Waals surface area contributed by atoms with Crippen molar-refractivity contribution in [2.75, 3.05) is 19.6 Å². The van der Waals surface area contributed by atoms with Gasteiger partial charge in [-0.05, 0) is 31.5 Å². The van der Waals surface area contributed by atoms with Gasteiger partial charge in [-0.1, -0.05) is 23.2 Å². The van der Waals surface area contributed by atoms with Crippen LogP contribution in [0.2, 0.25) is 10.0 Å². The first-order valence-corrected chi connectivity index (χ1v) is 8.21. The molecule has 0 bridgehead atoms. The van der Waals surface area contributed by atoms with Crippen molar-refractivity contribution >= 4 is 33.2 Å². The van der Waals surface area contributed by atoms with E-state index in [0.717, 1.165) is 0 Å². The number of halogens is 2. The van der Waals surface area contributed by atoms with Crippen LogP contribution >= 0.6 is 23.2 Å². The molecule has 19 heavy (non-hydrogen) atoms. The van der Waals surface area contributed by atoms with Crippen LogP contribution in [0.4, 0.5) is 0 Å². The zero-order chi connectivity index (χ0) is 14.2. The fourth-order valence-corrected chi connectivity index (χ4v) is 4.23. The lowest BCUT2D eigenvalue weighted by Crippen LogP contribution is -2.51. The minimum absolute atomic E-state index is 0.139. The van der Waals surface area contributed by atoms with Crippen molar-refractivity contribution in [2.45, 2.75) is 24.8 Å². The summed E-state index contributed by atoms with van der Waals surface area (Å²) in [6.07, 6.45) is 0. The molecule has 1 aromatic carbocycles. The molecular weight excluding hydrogens is 307 g/mol. The second-order valence-corrected chi connectivity index (χ2v) is 7.48. The molecule has 4 nitrogen and oxygen atoms in total.